The molecule has 1 aliphatic carbocycles. The van der Waals surface area contributed by atoms with E-state index in [1.54, 1.807) is 12.1 Å². The molecule has 5 heteroatoms. The summed E-state index contributed by atoms with van der Waals surface area (Å²) < 4.78 is 0. The van der Waals surface area contributed by atoms with Crippen LogP contribution < -0.4 is 0 Å². The minimum atomic E-state index is -1.49. The van der Waals surface area contributed by atoms with Crippen LogP contribution in [-0.2, 0) is 14.4 Å². The number of hydrogen-bond donors (Lipinski definition) is 2. The Morgan fingerprint density at radius 3 is 2.14 bits per heavy atom. The largest absolute Gasteiger partial charge is 0.508 e. The molecule has 118 valence electrons. The Hall–Kier alpha value is -2.01. The van der Waals surface area contributed by atoms with Gasteiger partial charge in [0.1, 0.15) is 23.1 Å². The second kappa shape index (κ2) is 5.65. The Kier molecular flexibility index (Phi) is 4.20. The van der Waals surface area contributed by atoms with Crippen molar-refractivity contribution in [3.05, 3.63) is 29.8 Å². The van der Waals surface area contributed by atoms with E-state index in [2.05, 4.69) is 0 Å². The number of benzene rings is 1. The summed E-state index contributed by atoms with van der Waals surface area (Å²) in [6.45, 7) is 4.15. The van der Waals surface area contributed by atoms with Gasteiger partial charge in [-0.3, -0.25) is 14.4 Å². The zero-order valence-corrected chi connectivity index (χ0v) is 12.9. The van der Waals surface area contributed by atoms with Crippen LogP contribution in [0.1, 0.15) is 38.7 Å². The van der Waals surface area contributed by atoms with Gasteiger partial charge in [-0.1, -0.05) is 12.1 Å². The predicted molar refractivity (Wildman–Crippen MR) is 79.4 cm³/mol. The third-order valence-electron chi connectivity index (χ3n) is 4.42. The lowest BCUT2D eigenvalue weighted by Crippen LogP contribution is -2.53. The highest BCUT2D eigenvalue weighted by molar-refractivity contribution is 6.05. The van der Waals surface area contributed by atoms with Crippen molar-refractivity contribution in [2.24, 2.45) is 11.8 Å². The van der Waals surface area contributed by atoms with Crippen LogP contribution in [0.3, 0.4) is 0 Å². The maximum Gasteiger partial charge on any atom is 0.146 e. The van der Waals surface area contributed by atoms with E-state index in [9.17, 15) is 24.6 Å². The number of carbonyl (C=O) groups is 3. The van der Waals surface area contributed by atoms with Gasteiger partial charge in [0.2, 0.25) is 0 Å². The van der Waals surface area contributed by atoms with E-state index in [-0.39, 0.29) is 29.5 Å². The molecule has 5 nitrogen and oxygen atoms in total. The number of carbonyl (C=O) groups excluding carboxylic acids is 3. The van der Waals surface area contributed by atoms with Crippen LogP contribution in [0.15, 0.2) is 24.3 Å². The SMILES string of the molecule is CC(=O)[C@@H]1C(=O)C[C@](C)(O)[C@@H](C(C)=O)[C@@H]1c1ccc(O)cc1. The number of ketones is 3. The van der Waals surface area contributed by atoms with Gasteiger partial charge in [0.05, 0.1) is 17.4 Å². The van der Waals surface area contributed by atoms with E-state index in [1.165, 1.54) is 32.9 Å². The van der Waals surface area contributed by atoms with Gasteiger partial charge in [0.25, 0.3) is 0 Å². The minimum absolute atomic E-state index is 0.0522. The molecule has 0 amide bonds. The normalized spacial score (nSPS) is 31.8. The fourth-order valence-corrected chi connectivity index (χ4v) is 3.60. The van der Waals surface area contributed by atoms with Gasteiger partial charge >= 0.3 is 0 Å². The Morgan fingerprint density at radius 1 is 1.14 bits per heavy atom. The lowest BCUT2D eigenvalue weighted by atomic mass is 9.60. The zero-order valence-electron chi connectivity index (χ0n) is 12.9. The number of Topliss-reactive ketones (excluding diaryl/α,β-unsaturated/α-hetero) is 3. The minimum Gasteiger partial charge on any atom is -0.508 e. The summed E-state index contributed by atoms with van der Waals surface area (Å²) in [5.41, 5.74) is -0.899. The molecule has 1 aromatic rings. The van der Waals surface area contributed by atoms with Gasteiger partial charge in [-0.05, 0) is 38.5 Å². The topological polar surface area (TPSA) is 91.7 Å². The number of hydrogen-bond acceptors (Lipinski definition) is 5. The molecular weight excluding hydrogens is 284 g/mol. The molecule has 2 rings (SSSR count). The summed E-state index contributed by atoms with van der Waals surface area (Å²) in [5, 5.41) is 20.0. The molecule has 0 heterocycles. The van der Waals surface area contributed by atoms with Gasteiger partial charge in [-0.2, -0.15) is 0 Å². The molecule has 0 aromatic heterocycles. The molecule has 0 spiro atoms. The van der Waals surface area contributed by atoms with Crippen LogP contribution in [0.25, 0.3) is 0 Å². The van der Waals surface area contributed by atoms with Gasteiger partial charge in [-0.15, -0.1) is 0 Å². The number of aromatic hydroxyl groups is 1. The fraction of sp³-hybridized carbons (Fsp3) is 0.471. The molecule has 0 radical (unpaired) electrons. The predicted octanol–water partition coefficient (Wildman–Crippen LogP) is 1.61. The molecule has 22 heavy (non-hydrogen) atoms. The monoisotopic (exact) mass is 304 g/mol. The van der Waals surface area contributed by atoms with Crippen molar-refractivity contribution in [2.75, 3.05) is 0 Å². The van der Waals surface area contributed by atoms with Crippen molar-refractivity contribution in [1.82, 2.24) is 0 Å². The number of aliphatic hydroxyl groups is 1. The number of rotatable bonds is 3. The smallest absolute Gasteiger partial charge is 0.146 e. The first kappa shape index (κ1) is 16.4. The first-order valence-corrected chi connectivity index (χ1v) is 7.20. The van der Waals surface area contributed by atoms with Gasteiger partial charge in [-0.25, -0.2) is 0 Å². The quantitative estimate of drug-likeness (QED) is 0.828. The van der Waals surface area contributed by atoms with Gasteiger partial charge < -0.3 is 10.2 Å². The second-order valence-electron chi connectivity index (χ2n) is 6.29. The molecule has 1 saturated carbocycles. The Balaban J connectivity index is 2.61. The number of phenolic OH excluding ortho intramolecular Hbond substituents is 1. The van der Waals surface area contributed by atoms with E-state index in [4.69, 9.17) is 0 Å². The van der Waals surface area contributed by atoms with Crippen LogP contribution in [0.5, 0.6) is 5.75 Å². The van der Waals surface area contributed by atoms with E-state index >= 15 is 0 Å². The molecule has 2 N–H and O–H groups in total. The first-order valence-electron chi connectivity index (χ1n) is 7.20. The zero-order chi connectivity index (χ0) is 16.7. The molecular formula is C17H20O5. The maximum absolute atomic E-state index is 12.3. The van der Waals surface area contributed by atoms with Crippen LogP contribution >= 0.6 is 0 Å². The van der Waals surface area contributed by atoms with Gasteiger partial charge in [0, 0.05) is 12.3 Å². The van der Waals surface area contributed by atoms with Crippen molar-refractivity contribution in [2.45, 2.75) is 38.7 Å². The molecule has 4 atom stereocenters. The van der Waals surface area contributed by atoms with E-state index < -0.39 is 23.4 Å². The summed E-state index contributed by atoms with van der Waals surface area (Å²) in [6, 6.07) is 6.05. The Bertz CT molecular complexity index is 614. The van der Waals surface area contributed by atoms with Crippen LogP contribution in [0, 0.1) is 11.8 Å². The summed E-state index contributed by atoms with van der Waals surface area (Å²) >= 11 is 0. The van der Waals surface area contributed by atoms with Crippen molar-refractivity contribution >= 4 is 17.3 Å². The summed E-state index contributed by atoms with van der Waals surface area (Å²) in [5.74, 6) is -3.38. The van der Waals surface area contributed by atoms with Gasteiger partial charge in [0.15, 0.2) is 0 Å². The molecule has 1 fully saturated rings. The standard InChI is InChI=1S/C17H20O5/c1-9(18)14-13(21)8-17(3,22)16(10(2)19)15(14)11-4-6-12(20)7-5-11/h4-7,14-16,20,22H,8H2,1-3H3/t14-,15-,16+,17+/m1/s1. The molecule has 1 aliphatic rings. The summed E-state index contributed by atoms with van der Waals surface area (Å²) in [6.07, 6.45) is -0.212. The van der Waals surface area contributed by atoms with Crippen molar-refractivity contribution in [3.8, 4) is 5.75 Å². The maximum atomic E-state index is 12.3. The summed E-state index contributed by atoms with van der Waals surface area (Å²) in [7, 11) is 0. The Morgan fingerprint density at radius 2 is 1.68 bits per heavy atom. The fourth-order valence-electron chi connectivity index (χ4n) is 3.60. The van der Waals surface area contributed by atoms with E-state index in [0.717, 1.165) is 0 Å². The van der Waals surface area contributed by atoms with Crippen molar-refractivity contribution in [1.29, 1.82) is 0 Å². The van der Waals surface area contributed by atoms with Crippen molar-refractivity contribution < 1.29 is 24.6 Å². The third-order valence-corrected chi connectivity index (χ3v) is 4.42. The van der Waals surface area contributed by atoms with E-state index in [1.807, 2.05) is 0 Å². The molecule has 0 unspecified atom stereocenters. The van der Waals surface area contributed by atoms with Crippen LogP contribution in [0.2, 0.25) is 0 Å². The average molecular weight is 304 g/mol. The molecule has 0 saturated heterocycles. The van der Waals surface area contributed by atoms with E-state index in [0.29, 0.717) is 5.56 Å². The average Bonchev–Trinajstić information content (AvgIpc) is 2.36. The van der Waals surface area contributed by atoms with Crippen LogP contribution in [-0.4, -0.2) is 33.2 Å². The highest BCUT2D eigenvalue weighted by Crippen LogP contribution is 2.46. The highest BCUT2D eigenvalue weighted by Gasteiger charge is 2.53. The first-order chi connectivity index (χ1) is 10.1. The second-order valence-corrected chi connectivity index (χ2v) is 6.29. The lowest BCUT2D eigenvalue weighted by molar-refractivity contribution is -0.151. The third kappa shape index (κ3) is 2.81. The highest BCUT2D eigenvalue weighted by atomic mass is 16.3. The lowest BCUT2D eigenvalue weighted by Gasteiger charge is -2.44. The molecule has 0 aliphatic heterocycles. The van der Waals surface area contributed by atoms with Crippen molar-refractivity contribution in [3.63, 3.8) is 0 Å². The molecule has 1 aromatic carbocycles. The Labute approximate surface area is 129 Å². The van der Waals surface area contributed by atoms with Crippen LogP contribution in [0.4, 0.5) is 0 Å². The summed E-state index contributed by atoms with van der Waals surface area (Å²) in [4.78, 5) is 36.4. The number of phenols is 1. The molecule has 0 bridgehead atoms.